The molecule has 0 bridgehead atoms. The summed E-state index contributed by atoms with van der Waals surface area (Å²) in [6, 6.07) is 28.2. The van der Waals surface area contributed by atoms with Crippen LogP contribution in [0.2, 0.25) is 0 Å². The Labute approximate surface area is 270 Å². The van der Waals surface area contributed by atoms with Crippen LogP contribution in [0.25, 0.3) is 0 Å². The van der Waals surface area contributed by atoms with E-state index in [9.17, 15) is 17.6 Å². The van der Waals surface area contributed by atoms with Crippen molar-refractivity contribution in [3.8, 4) is 5.75 Å². The highest BCUT2D eigenvalue weighted by Crippen LogP contribution is 2.45. The number of aliphatic imine (C=N–C) groups is 1. The first kappa shape index (κ1) is 32.3. The van der Waals surface area contributed by atoms with Crippen LogP contribution in [0.3, 0.4) is 0 Å². The van der Waals surface area contributed by atoms with E-state index in [0.29, 0.717) is 34.4 Å². The zero-order valence-electron chi connectivity index (χ0n) is 24.2. The lowest BCUT2D eigenvalue weighted by molar-refractivity contribution is -0.129. The second-order valence-electron chi connectivity index (χ2n) is 10.5. The van der Waals surface area contributed by atoms with Crippen molar-refractivity contribution < 1.29 is 32.2 Å². The molecule has 0 aliphatic carbocycles. The smallest absolute Gasteiger partial charge is 0.252 e. The number of hydrogen-bond acceptors (Lipinski definition) is 7. The predicted octanol–water partition coefficient (Wildman–Crippen LogP) is 5.79. The van der Waals surface area contributed by atoms with Crippen LogP contribution in [-0.2, 0) is 25.9 Å². The summed E-state index contributed by atoms with van der Waals surface area (Å²) >= 11 is 3.57. The number of nitrogens with one attached hydrogen (secondary N) is 1. The van der Waals surface area contributed by atoms with Gasteiger partial charge in [0.2, 0.25) is 5.90 Å². The molecule has 45 heavy (non-hydrogen) atoms. The molecule has 0 radical (unpaired) electrons. The van der Waals surface area contributed by atoms with Crippen LogP contribution < -0.4 is 10.1 Å². The Balaban J connectivity index is 1.56. The summed E-state index contributed by atoms with van der Waals surface area (Å²) in [5.74, 6) is -0.752. The maximum absolute atomic E-state index is 14.5. The third-order valence-corrected chi connectivity index (χ3v) is 9.92. The van der Waals surface area contributed by atoms with Crippen molar-refractivity contribution in [2.24, 2.45) is 4.99 Å². The van der Waals surface area contributed by atoms with E-state index in [4.69, 9.17) is 19.6 Å². The highest BCUT2D eigenvalue weighted by Gasteiger charge is 2.54. The minimum absolute atomic E-state index is 0.0141. The van der Waals surface area contributed by atoms with Crippen molar-refractivity contribution in [2.75, 3.05) is 19.0 Å². The van der Waals surface area contributed by atoms with Gasteiger partial charge in [0.25, 0.3) is 5.91 Å². The minimum Gasteiger partial charge on any atom is -0.494 e. The topological polar surface area (TPSA) is 114 Å². The molecule has 11 heteroatoms. The van der Waals surface area contributed by atoms with Crippen molar-refractivity contribution >= 4 is 37.6 Å². The van der Waals surface area contributed by atoms with Crippen LogP contribution >= 0.6 is 15.9 Å². The van der Waals surface area contributed by atoms with Crippen LogP contribution in [0.1, 0.15) is 35.6 Å². The Morgan fingerprint density at radius 1 is 0.978 bits per heavy atom. The summed E-state index contributed by atoms with van der Waals surface area (Å²) in [5, 5.41) is 11.8. The fraction of sp³-hybridized carbons (Fsp3) is 0.235. The Morgan fingerprint density at radius 3 is 2.38 bits per heavy atom. The van der Waals surface area contributed by atoms with Gasteiger partial charge >= 0.3 is 0 Å². The largest absolute Gasteiger partial charge is 0.494 e. The predicted molar refractivity (Wildman–Crippen MR) is 172 cm³/mol. The number of carbonyl (C=O) groups excluding carboxylic acids is 1. The number of ether oxygens (including phenoxy) is 2. The van der Waals surface area contributed by atoms with Gasteiger partial charge in [-0.15, -0.1) is 0 Å². The van der Waals surface area contributed by atoms with Gasteiger partial charge in [-0.05, 0) is 48.5 Å². The summed E-state index contributed by atoms with van der Waals surface area (Å²) in [5.41, 5.74) is -0.312. The first-order valence-electron chi connectivity index (χ1n) is 14.4. The van der Waals surface area contributed by atoms with Gasteiger partial charge < -0.3 is 19.9 Å². The van der Waals surface area contributed by atoms with Crippen molar-refractivity contribution in [2.45, 2.75) is 35.9 Å². The molecule has 1 amide bonds. The number of nitrogens with zero attached hydrogens (tertiary/aromatic N) is 1. The van der Waals surface area contributed by atoms with Gasteiger partial charge in [-0.1, -0.05) is 70.5 Å². The maximum atomic E-state index is 14.5. The zero-order valence-corrected chi connectivity index (χ0v) is 26.6. The normalized spacial score (nSPS) is 17.8. The second-order valence-corrected chi connectivity index (χ2v) is 13.4. The molecule has 1 aliphatic rings. The molecule has 0 fully saturated rings. The maximum Gasteiger partial charge on any atom is 0.252 e. The molecular weight excluding hydrogens is 663 g/mol. The molecule has 234 valence electrons. The number of aliphatic hydroxyl groups excluding tert-OH is 1. The van der Waals surface area contributed by atoms with Crippen molar-refractivity contribution in [1.82, 2.24) is 5.32 Å². The van der Waals surface area contributed by atoms with E-state index in [1.807, 2.05) is 6.07 Å². The molecular formula is C34H32BrFN2O6S. The monoisotopic (exact) mass is 694 g/mol. The number of carbonyl (C=O) groups is 1. The van der Waals surface area contributed by atoms with Gasteiger partial charge in [-0.25, -0.2) is 17.8 Å². The fourth-order valence-corrected chi connectivity index (χ4v) is 6.92. The van der Waals surface area contributed by atoms with Crippen LogP contribution in [0.15, 0.2) is 117 Å². The van der Waals surface area contributed by atoms with Gasteiger partial charge in [0.15, 0.2) is 21.5 Å². The molecule has 2 N–H and O–H groups in total. The first-order valence-corrected chi connectivity index (χ1v) is 16.8. The molecule has 4 aromatic rings. The molecule has 1 aliphatic heterocycles. The number of amides is 1. The van der Waals surface area contributed by atoms with Gasteiger partial charge in [0.1, 0.15) is 11.6 Å². The summed E-state index contributed by atoms with van der Waals surface area (Å²) in [4.78, 5) is 19.3. The SMILES string of the molecule is O=C(NCc1ccccc1F)[C@]1(CCS(=O)(=O)c2ccccc2)N=C(c2ccc(OCCCO)cc2)O[C@@H]1c1ccccc1Br. The molecule has 8 nitrogen and oxygen atoms in total. The van der Waals surface area contributed by atoms with Crippen LogP contribution in [0.4, 0.5) is 4.39 Å². The van der Waals surface area contributed by atoms with E-state index in [0.717, 1.165) is 0 Å². The van der Waals surface area contributed by atoms with Crippen LogP contribution in [-0.4, -0.2) is 49.8 Å². The zero-order chi connectivity index (χ0) is 31.9. The van der Waals surface area contributed by atoms with Crippen molar-refractivity contribution in [3.63, 3.8) is 0 Å². The standard InChI is InChI=1S/C34H32BrFN2O6S/c35-29-13-6-5-12-28(29)31-34(19-22-45(41,42)27-10-2-1-3-11-27,33(40)37-23-25-9-4-7-14-30(25)36)38-32(44-31)24-15-17-26(18-16-24)43-21-8-20-39/h1-7,9-18,31,39H,8,19-23H2,(H,37,40)/t31-,34-/m1/s1. The van der Waals surface area contributed by atoms with Crippen LogP contribution in [0.5, 0.6) is 5.75 Å². The van der Waals surface area contributed by atoms with E-state index in [-0.39, 0.29) is 35.9 Å². The highest BCUT2D eigenvalue weighted by molar-refractivity contribution is 9.10. The van der Waals surface area contributed by atoms with E-state index < -0.39 is 39.0 Å². The van der Waals surface area contributed by atoms with E-state index in [1.54, 1.807) is 78.9 Å². The van der Waals surface area contributed by atoms with E-state index in [1.165, 1.54) is 18.2 Å². The first-order chi connectivity index (χ1) is 21.7. The van der Waals surface area contributed by atoms with Gasteiger partial charge in [0.05, 0.1) is 17.3 Å². The van der Waals surface area contributed by atoms with E-state index in [2.05, 4.69) is 21.2 Å². The molecule has 4 aromatic carbocycles. The highest BCUT2D eigenvalue weighted by atomic mass is 79.9. The summed E-state index contributed by atoms with van der Waals surface area (Å²) in [7, 11) is -3.82. The fourth-order valence-electron chi connectivity index (χ4n) is 5.04. The van der Waals surface area contributed by atoms with E-state index >= 15 is 0 Å². The summed E-state index contributed by atoms with van der Waals surface area (Å²) in [6.45, 7) is 0.227. The Bertz CT molecular complexity index is 1770. The Morgan fingerprint density at radius 2 is 1.67 bits per heavy atom. The number of benzene rings is 4. The summed E-state index contributed by atoms with van der Waals surface area (Å²) in [6.07, 6.45) is -0.748. The third-order valence-electron chi connectivity index (χ3n) is 7.47. The molecule has 5 rings (SSSR count). The minimum atomic E-state index is -3.82. The lowest BCUT2D eigenvalue weighted by atomic mass is 9.85. The number of sulfone groups is 1. The molecule has 0 saturated carbocycles. The average Bonchev–Trinajstić information content (AvgIpc) is 3.45. The Kier molecular flexibility index (Phi) is 10.3. The third kappa shape index (κ3) is 7.43. The lowest BCUT2D eigenvalue weighted by Gasteiger charge is -2.31. The van der Waals surface area contributed by atoms with Gasteiger partial charge in [0, 0.05) is 47.2 Å². The number of hydrogen-bond donors (Lipinski definition) is 2. The molecule has 0 unspecified atom stereocenters. The Hall–Kier alpha value is -4.06. The second kappa shape index (κ2) is 14.4. The van der Waals surface area contributed by atoms with Gasteiger partial charge in [-0.3, -0.25) is 4.79 Å². The molecule has 1 heterocycles. The number of halogens is 2. The van der Waals surface area contributed by atoms with Gasteiger partial charge in [-0.2, -0.15) is 0 Å². The number of aliphatic hydroxyl groups is 1. The van der Waals surface area contributed by atoms with Crippen molar-refractivity contribution in [3.05, 3.63) is 130 Å². The summed E-state index contributed by atoms with van der Waals surface area (Å²) < 4.78 is 54.2. The van der Waals surface area contributed by atoms with Crippen LogP contribution in [0, 0.1) is 5.82 Å². The molecule has 2 atom stereocenters. The molecule has 0 spiro atoms. The van der Waals surface area contributed by atoms with Crippen molar-refractivity contribution in [1.29, 1.82) is 0 Å². The lowest BCUT2D eigenvalue weighted by Crippen LogP contribution is -2.49. The molecule has 0 saturated heterocycles. The average molecular weight is 696 g/mol. The molecule has 0 aromatic heterocycles. The quantitative estimate of drug-likeness (QED) is 0.171. The number of rotatable bonds is 13.